The summed E-state index contributed by atoms with van der Waals surface area (Å²) in [7, 11) is 1.81. The molecule has 0 fully saturated rings. The fourth-order valence-electron chi connectivity index (χ4n) is 6.96. The lowest BCUT2D eigenvalue weighted by Gasteiger charge is -2.23. The van der Waals surface area contributed by atoms with Crippen molar-refractivity contribution in [3.05, 3.63) is 0 Å². The molecule has 314 valence electrons. The van der Waals surface area contributed by atoms with E-state index in [-0.39, 0.29) is 25.6 Å². The number of esters is 2. The van der Waals surface area contributed by atoms with Crippen molar-refractivity contribution in [3.63, 3.8) is 0 Å². The van der Waals surface area contributed by atoms with Gasteiger partial charge in [0.05, 0.1) is 32.8 Å². The highest BCUT2D eigenvalue weighted by atomic mass is 16.5. The topological polar surface area (TPSA) is 96.4 Å². The number of nitrogens with zero attached hydrogens (tertiary/aromatic N) is 2. The van der Waals surface area contributed by atoms with Gasteiger partial charge in [0.2, 0.25) is 0 Å². The molecule has 0 aliphatic rings. The van der Waals surface area contributed by atoms with Gasteiger partial charge in [-0.3, -0.25) is 24.2 Å². The van der Waals surface area contributed by atoms with Gasteiger partial charge in [-0.05, 0) is 19.9 Å². The zero-order valence-corrected chi connectivity index (χ0v) is 35.5. The summed E-state index contributed by atoms with van der Waals surface area (Å²) < 4.78 is 10.8. The maximum atomic E-state index is 12.4. The van der Waals surface area contributed by atoms with Crippen molar-refractivity contribution >= 4 is 17.9 Å². The largest absolute Gasteiger partial charge is 0.480 e. The molecule has 8 heteroatoms. The van der Waals surface area contributed by atoms with E-state index in [1.807, 2.05) is 11.9 Å². The van der Waals surface area contributed by atoms with Gasteiger partial charge in [0.1, 0.15) is 0 Å². The molecule has 0 rings (SSSR count). The zero-order valence-electron chi connectivity index (χ0n) is 35.5. The van der Waals surface area contributed by atoms with Gasteiger partial charge >= 0.3 is 17.9 Å². The van der Waals surface area contributed by atoms with Crippen molar-refractivity contribution in [2.75, 3.05) is 53.0 Å². The predicted octanol–water partition coefficient (Wildman–Crippen LogP) is 11.9. The predicted molar refractivity (Wildman–Crippen MR) is 223 cm³/mol. The molecule has 0 aliphatic carbocycles. The van der Waals surface area contributed by atoms with Crippen LogP contribution in [0.4, 0.5) is 0 Å². The van der Waals surface area contributed by atoms with Crippen LogP contribution in [-0.4, -0.2) is 85.8 Å². The molecule has 1 N–H and O–H groups in total. The number of rotatable bonds is 43. The van der Waals surface area contributed by atoms with Crippen molar-refractivity contribution in [1.29, 1.82) is 0 Å². The van der Waals surface area contributed by atoms with Gasteiger partial charge < -0.3 is 14.6 Å². The number of hydrogen-bond acceptors (Lipinski definition) is 7. The molecule has 0 bridgehead atoms. The molecule has 53 heavy (non-hydrogen) atoms. The highest BCUT2D eigenvalue weighted by molar-refractivity contribution is 5.74. The summed E-state index contributed by atoms with van der Waals surface area (Å²) in [6, 6.07) is 0. The van der Waals surface area contributed by atoms with E-state index >= 15 is 0 Å². The lowest BCUT2D eigenvalue weighted by Crippen LogP contribution is -2.41. The van der Waals surface area contributed by atoms with Crippen molar-refractivity contribution in [2.24, 2.45) is 0 Å². The lowest BCUT2D eigenvalue weighted by molar-refractivity contribution is -0.148. The molecule has 8 nitrogen and oxygen atoms in total. The molecule has 0 aromatic rings. The average Bonchev–Trinajstić information content (AvgIpc) is 3.13. The lowest BCUT2D eigenvalue weighted by atomic mass is 10.0. The van der Waals surface area contributed by atoms with Crippen LogP contribution in [0.5, 0.6) is 0 Å². The Hall–Kier alpha value is -1.67. The SMILES string of the molecule is CCCCCCCCCCCCCCCCCCOC(=O)CN(C)CCN(CC(=O)O)CC(=O)OCCCCCCCCCCCCCCCCCC. The summed E-state index contributed by atoms with van der Waals surface area (Å²) in [6.45, 7) is 6.00. The highest BCUT2D eigenvalue weighted by Crippen LogP contribution is 2.15. The second-order valence-corrected chi connectivity index (χ2v) is 15.9. The van der Waals surface area contributed by atoms with E-state index in [0.717, 1.165) is 32.1 Å². The third-order valence-electron chi connectivity index (χ3n) is 10.4. The van der Waals surface area contributed by atoms with Crippen molar-refractivity contribution in [3.8, 4) is 0 Å². The van der Waals surface area contributed by atoms with E-state index in [4.69, 9.17) is 9.47 Å². The summed E-state index contributed by atoms with van der Waals surface area (Å²) >= 11 is 0. The van der Waals surface area contributed by atoms with Crippen molar-refractivity contribution in [2.45, 2.75) is 219 Å². The van der Waals surface area contributed by atoms with Crippen molar-refractivity contribution in [1.82, 2.24) is 9.80 Å². The molecule has 0 aliphatic heterocycles. The Morgan fingerprint density at radius 3 is 0.981 bits per heavy atom. The molecular weight excluding hydrogens is 665 g/mol. The van der Waals surface area contributed by atoms with Gasteiger partial charge in [0, 0.05) is 13.1 Å². The summed E-state index contributed by atoms with van der Waals surface area (Å²) in [6.07, 6.45) is 41.7. The van der Waals surface area contributed by atoms with Crippen LogP contribution in [0.2, 0.25) is 0 Å². The summed E-state index contributed by atoms with van der Waals surface area (Å²) in [4.78, 5) is 39.5. The molecule has 0 aromatic heterocycles. The van der Waals surface area contributed by atoms with E-state index in [1.54, 1.807) is 4.90 Å². The molecule has 0 heterocycles. The monoisotopic (exact) mass is 753 g/mol. The van der Waals surface area contributed by atoms with Gasteiger partial charge in [-0.1, -0.05) is 206 Å². The Morgan fingerprint density at radius 2 is 0.679 bits per heavy atom. The van der Waals surface area contributed by atoms with E-state index in [0.29, 0.717) is 26.3 Å². The Morgan fingerprint density at radius 1 is 0.396 bits per heavy atom. The molecular formula is C45H88N2O6. The summed E-state index contributed by atoms with van der Waals surface area (Å²) in [5.74, 6) is -1.65. The Labute approximate surface area is 328 Å². The number of carboxylic acids is 1. The molecule has 0 atom stereocenters. The maximum Gasteiger partial charge on any atom is 0.320 e. The number of carboxylic acid groups (broad SMARTS) is 1. The van der Waals surface area contributed by atoms with Gasteiger partial charge in [0.25, 0.3) is 0 Å². The smallest absolute Gasteiger partial charge is 0.320 e. The average molecular weight is 753 g/mol. The molecule has 0 saturated carbocycles. The van der Waals surface area contributed by atoms with Crippen LogP contribution in [-0.2, 0) is 23.9 Å². The van der Waals surface area contributed by atoms with Crippen LogP contribution < -0.4 is 0 Å². The number of carbonyl (C=O) groups is 3. The van der Waals surface area contributed by atoms with E-state index in [1.165, 1.54) is 173 Å². The fraction of sp³-hybridized carbons (Fsp3) is 0.933. The molecule has 0 amide bonds. The minimum atomic E-state index is -0.989. The fourth-order valence-corrected chi connectivity index (χ4v) is 6.96. The normalized spacial score (nSPS) is 11.5. The van der Waals surface area contributed by atoms with Crippen molar-refractivity contribution < 1.29 is 29.0 Å². The van der Waals surface area contributed by atoms with Crippen LogP contribution in [0.25, 0.3) is 0 Å². The van der Waals surface area contributed by atoms with Gasteiger partial charge in [-0.2, -0.15) is 0 Å². The number of unbranched alkanes of at least 4 members (excludes halogenated alkanes) is 30. The number of hydrogen-bond donors (Lipinski definition) is 1. The number of ether oxygens (including phenoxy) is 2. The highest BCUT2D eigenvalue weighted by Gasteiger charge is 2.17. The van der Waals surface area contributed by atoms with Gasteiger partial charge in [0.15, 0.2) is 0 Å². The first-order valence-corrected chi connectivity index (χ1v) is 22.8. The molecule has 0 radical (unpaired) electrons. The Balaban J connectivity index is 3.74. The van der Waals surface area contributed by atoms with Crippen LogP contribution in [0, 0.1) is 0 Å². The van der Waals surface area contributed by atoms with E-state index < -0.39 is 11.9 Å². The Bertz CT molecular complexity index is 810. The zero-order chi connectivity index (χ0) is 38.9. The van der Waals surface area contributed by atoms with Crippen LogP contribution in [0.15, 0.2) is 0 Å². The minimum absolute atomic E-state index is 0.0668. The standard InChI is InChI=1S/C45H88N2O6/c1-4-6-8-10-12-14-16-18-20-22-24-26-28-30-32-34-38-52-44(50)41-46(3)36-37-47(40-43(48)49)42-45(51)53-39-35-33-31-29-27-25-23-21-19-17-15-13-11-9-7-5-2/h4-42H2,1-3H3,(H,48,49). The van der Waals surface area contributed by atoms with Crippen LogP contribution >= 0.6 is 0 Å². The molecule has 0 unspecified atom stereocenters. The number of likely N-dealkylation sites (N-methyl/N-ethyl adjacent to an activating group) is 1. The molecule has 0 spiro atoms. The first-order chi connectivity index (χ1) is 25.9. The quantitative estimate of drug-likeness (QED) is 0.0486. The number of aliphatic carboxylic acids is 1. The van der Waals surface area contributed by atoms with Gasteiger partial charge in [-0.25, -0.2) is 0 Å². The maximum absolute atomic E-state index is 12.4. The third-order valence-corrected chi connectivity index (χ3v) is 10.4. The second kappa shape index (κ2) is 41.5. The van der Waals surface area contributed by atoms with E-state index in [2.05, 4.69) is 13.8 Å². The molecule has 0 saturated heterocycles. The number of carbonyl (C=O) groups excluding carboxylic acids is 2. The minimum Gasteiger partial charge on any atom is -0.480 e. The summed E-state index contributed by atoms with van der Waals surface area (Å²) in [5.41, 5.74) is 0. The van der Waals surface area contributed by atoms with E-state index in [9.17, 15) is 19.5 Å². The first-order valence-electron chi connectivity index (χ1n) is 22.8. The third kappa shape index (κ3) is 41.3. The Kier molecular flexibility index (Phi) is 40.2. The first kappa shape index (κ1) is 51.3. The summed E-state index contributed by atoms with van der Waals surface area (Å²) in [5, 5.41) is 9.33. The molecule has 0 aromatic carbocycles. The van der Waals surface area contributed by atoms with Gasteiger partial charge in [-0.15, -0.1) is 0 Å². The van der Waals surface area contributed by atoms with Crippen LogP contribution in [0.3, 0.4) is 0 Å². The second-order valence-electron chi connectivity index (χ2n) is 15.9. The van der Waals surface area contributed by atoms with Crippen LogP contribution in [0.1, 0.15) is 219 Å².